The van der Waals surface area contributed by atoms with Crippen LogP contribution >= 0.6 is 0 Å². The summed E-state index contributed by atoms with van der Waals surface area (Å²) in [6, 6.07) is 16.3. The lowest BCUT2D eigenvalue weighted by Gasteiger charge is -2.11. The molecule has 0 aliphatic rings. The van der Waals surface area contributed by atoms with Gasteiger partial charge in [0.25, 0.3) is 0 Å². The number of aromatic nitrogens is 2. The summed E-state index contributed by atoms with van der Waals surface area (Å²) in [7, 11) is 0. The standard InChI is InChI=1S/C24H29N3O2/c1-18(2)24(28)25-15-14-23-26-21-8-4-5-9-22(21)27(23)16-6-7-17-29-20-12-10-19(3)11-13-20/h4-5,8-13H,1,6-7,14-17H2,2-3H3,(H,25,28). The van der Waals surface area contributed by atoms with Crippen LogP contribution in [0.3, 0.4) is 0 Å². The molecule has 0 unspecified atom stereocenters. The highest BCUT2D eigenvalue weighted by atomic mass is 16.5. The Morgan fingerprint density at radius 1 is 1.14 bits per heavy atom. The van der Waals surface area contributed by atoms with Crippen molar-refractivity contribution >= 4 is 16.9 Å². The van der Waals surface area contributed by atoms with E-state index in [9.17, 15) is 4.79 Å². The van der Waals surface area contributed by atoms with Gasteiger partial charge in [0, 0.05) is 25.1 Å². The van der Waals surface area contributed by atoms with Crippen molar-refractivity contribution in [3.8, 4) is 5.75 Å². The van der Waals surface area contributed by atoms with Crippen molar-refractivity contribution in [1.29, 1.82) is 0 Å². The van der Waals surface area contributed by atoms with E-state index in [1.54, 1.807) is 6.92 Å². The topological polar surface area (TPSA) is 56.2 Å². The maximum atomic E-state index is 11.7. The van der Waals surface area contributed by atoms with Crippen LogP contribution in [0.1, 0.15) is 31.2 Å². The Bertz CT molecular complexity index is 973. The second kappa shape index (κ2) is 9.92. The van der Waals surface area contributed by atoms with Gasteiger partial charge in [-0.1, -0.05) is 36.4 Å². The van der Waals surface area contributed by atoms with Crippen molar-refractivity contribution in [2.45, 2.75) is 39.7 Å². The molecule has 0 bridgehead atoms. The third kappa shape index (κ3) is 5.70. The molecule has 0 saturated heterocycles. The molecule has 1 N–H and O–H groups in total. The second-order valence-corrected chi connectivity index (χ2v) is 7.32. The Morgan fingerprint density at radius 3 is 2.66 bits per heavy atom. The van der Waals surface area contributed by atoms with Gasteiger partial charge in [-0.05, 0) is 51.0 Å². The van der Waals surface area contributed by atoms with Gasteiger partial charge in [0.1, 0.15) is 11.6 Å². The number of rotatable bonds is 10. The average Bonchev–Trinajstić information content (AvgIpc) is 3.06. The molecule has 5 heteroatoms. The van der Waals surface area contributed by atoms with Gasteiger partial charge in [-0.3, -0.25) is 4.79 Å². The van der Waals surface area contributed by atoms with Crippen LogP contribution in [0.25, 0.3) is 11.0 Å². The number of amides is 1. The lowest BCUT2D eigenvalue weighted by Crippen LogP contribution is -2.26. The number of carbonyl (C=O) groups excluding carboxylic acids is 1. The molecule has 3 rings (SSSR count). The van der Waals surface area contributed by atoms with E-state index in [-0.39, 0.29) is 5.91 Å². The summed E-state index contributed by atoms with van der Waals surface area (Å²) >= 11 is 0. The van der Waals surface area contributed by atoms with Crippen LogP contribution in [-0.4, -0.2) is 28.6 Å². The first kappa shape index (κ1) is 20.6. The van der Waals surface area contributed by atoms with Crippen LogP contribution in [0.5, 0.6) is 5.75 Å². The van der Waals surface area contributed by atoms with E-state index < -0.39 is 0 Å². The quantitative estimate of drug-likeness (QED) is 0.411. The molecular weight excluding hydrogens is 362 g/mol. The first-order chi connectivity index (χ1) is 14.0. The van der Waals surface area contributed by atoms with E-state index >= 15 is 0 Å². The van der Waals surface area contributed by atoms with Crippen LogP contribution in [0, 0.1) is 6.92 Å². The lowest BCUT2D eigenvalue weighted by molar-refractivity contribution is -0.117. The van der Waals surface area contributed by atoms with Crippen molar-refractivity contribution in [1.82, 2.24) is 14.9 Å². The minimum atomic E-state index is -0.110. The molecule has 3 aromatic rings. The largest absolute Gasteiger partial charge is 0.494 e. The number of unbranched alkanes of at least 4 members (excludes halogenated alkanes) is 1. The van der Waals surface area contributed by atoms with E-state index in [0.717, 1.165) is 42.0 Å². The van der Waals surface area contributed by atoms with E-state index in [2.05, 4.69) is 41.6 Å². The van der Waals surface area contributed by atoms with E-state index in [4.69, 9.17) is 9.72 Å². The zero-order chi connectivity index (χ0) is 20.6. The fourth-order valence-corrected chi connectivity index (χ4v) is 3.20. The Hall–Kier alpha value is -3.08. The molecule has 0 aliphatic carbocycles. The number of para-hydroxylation sites is 2. The molecule has 0 fully saturated rings. The highest BCUT2D eigenvalue weighted by Crippen LogP contribution is 2.18. The highest BCUT2D eigenvalue weighted by Gasteiger charge is 2.11. The predicted octanol–water partition coefficient (Wildman–Crippen LogP) is 4.44. The fourth-order valence-electron chi connectivity index (χ4n) is 3.20. The van der Waals surface area contributed by atoms with Crippen molar-refractivity contribution in [3.05, 3.63) is 72.1 Å². The molecule has 152 valence electrons. The molecule has 0 saturated carbocycles. The zero-order valence-electron chi connectivity index (χ0n) is 17.3. The molecule has 2 aromatic carbocycles. The maximum absolute atomic E-state index is 11.7. The second-order valence-electron chi connectivity index (χ2n) is 7.32. The first-order valence-electron chi connectivity index (χ1n) is 10.1. The number of hydrogen-bond donors (Lipinski definition) is 1. The summed E-state index contributed by atoms with van der Waals surface area (Å²) in [5, 5.41) is 2.89. The zero-order valence-corrected chi connectivity index (χ0v) is 17.3. The molecule has 0 spiro atoms. The SMILES string of the molecule is C=C(C)C(=O)NCCc1nc2ccccc2n1CCCCOc1ccc(C)cc1. The first-order valence-corrected chi connectivity index (χ1v) is 10.1. The number of ether oxygens (including phenoxy) is 1. The van der Waals surface area contributed by atoms with Gasteiger partial charge in [0.2, 0.25) is 5.91 Å². The minimum Gasteiger partial charge on any atom is -0.494 e. The van der Waals surface area contributed by atoms with Crippen LogP contribution in [-0.2, 0) is 17.8 Å². The Morgan fingerprint density at radius 2 is 1.90 bits per heavy atom. The summed E-state index contributed by atoms with van der Waals surface area (Å²) in [6.45, 7) is 9.57. The Balaban J connectivity index is 1.56. The van der Waals surface area contributed by atoms with Gasteiger partial charge in [0.05, 0.1) is 17.6 Å². The van der Waals surface area contributed by atoms with E-state index in [0.29, 0.717) is 25.1 Å². The molecule has 0 radical (unpaired) electrons. The smallest absolute Gasteiger partial charge is 0.246 e. The van der Waals surface area contributed by atoms with Gasteiger partial charge in [-0.2, -0.15) is 0 Å². The average molecular weight is 392 g/mol. The molecule has 1 aromatic heterocycles. The number of nitrogens with zero attached hydrogens (tertiary/aromatic N) is 2. The third-order valence-electron chi connectivity index (χ3n) is 4.82. The maximum Gasteiger partial charge on any atom is 0.246 e. The fraction of sp³-hybridized carbons (Fsp3) is 0.333. The van der Waals surface area contributed by atoms with Crippen LogP contribution < -0.4 is 10.1 Å². The molecular formula is C24H29N3O2. The number of carbonyl (C=O) groups is 1. The number of benzene rings is 2. The normalized spacial score (nSPS) is 10.8. The molecule has 29 heavy (non-hydrogen) atoms. The Labute approximate surface area is 172 Å². The van der Waals surface area contributed by atoms with E-state index in [1.807, 2.05) is 30.3 Å². The van der Waals surface area contributed by atoms with Crippen LogP contribution in [0.2, 0.25) is 0 Å². The van der Waals surface area contributed by atoms with E-state index in [1.165, 1.54) is 5.56 Å². The number of aryl methyl sites for hydroxylation is 2. The predicted molar refractivity (Wildman–Crippen MR) is 117 cm³/mol. The molecule has 1 amide bonds. The summed E-state index contributed by atoms with van der Waals surface area (Å²) < 4.78 is 8.09. The van der Waals surface area contributed by atoms with Gasteiger partial charge in [-0.15, -0.1) is 0 Å². The van der Waals surface area contributed by atoms with Gasteiger partial charge in [0.15, 0.2) is 0 Å². The van der Waals surface area contributed by atoms with Crippen LogP contribution in [0.4, 0.5) is 0 Å². The summed E-state index contributed by atoms with van der Waals surface area (Å²) in [4.78, 5) is 16.5. The third-order valence-corrected chi connectivity index (χ3v) is 4.82. The number of fused-ring (bicyclic) bond motifs is 1. The van der Waals surface area contributed by atoms with Gasteiger partial charge in [-0.25, -0.2) is 4.98 Å². The van der Waals surface area contributed by atoms with Crippen LogP contribution in [0.15, 0.2) is 60.7 Å². The molecule has 0 atom stereocenters. The summed E-state index contributed by atoms with van der Waals surface area (Å²) in [5.74, 6) is 1.80. The van der Waals surface area contributed by atoms with Crippen molar-refractivity contribution in [2.75, 3.05) is 13.2 Å². The lowest BCUT2D eigenvalue weighted by atomic mass is 10.2. The molecule has 1 heterocycles. The van der Waals surface area contributed by atoms with Gasteiger partial charge < -0.3 is 14.6 Å². The summed E-state index contributed by atoms with van der Waals surface area (Å²) in [5.41, 5.74) is 3.88. The van der Waals surface area contributed by atoms with Gasteiger partial charge >= 0.3 is 0 Å². The molecule has 0 aliphatic heterocycles. The van der Waals surface area contributed by atoms with Crippen molar-refractivity contribution < 1.29 is 9.53 Å². The van der Waals surface area contributed by atoms with Crippen molar-refractivity contribution in [2.24, 2.45) is 0 Å². The number of nitrogens with one attached hydrogen (secondary N) is 1. The minimum absolute atomic E-state index is 0.110. The highest BCUT2D eigenvalue weighted by molar-refractivity contribution is 5.92. The Kier molecular flexibility index (Phi) is 7.06. The molecule has 5 nitrogen and oxygen atoms in total. The number of hydrogen-bond acceptors (Lipinski definition) is 3. The van der Waals surface area contributed by atoms with Crippen molar-refractivity contribution in [3.63, 3.8) is 0 Å². The number of imidazole rings is 1. The summed E-state index contributed by atoms with van der Waals surface area (Å²) in [6.07, 6.45) is 2.65. The monoisotopic (exact) mass is 391 g/mol.